The summed E-state index contributed by atoms with van der Waals surface area (Å²) in [6.07, 6.45) is 1.58. The molecule has 3 aromatic rings. The first-order valence-electron chi connectivity index (χ1n) is 11.4. The van der Waals surface area contributed by atoms with Crippen LogP contribution >= 0.6 is 50.9 Å². The number of rotatable bonds is 10. The average Bonchev–Trinajstić information content (AvgIpc) is 3.17. The quantitative estimate of drug-likeness (QED) is 0.238. The zero-order valence-corrected chi connectivity index (χ0v) is 24.3. The fourth-order valence-corrected chi connectivity index (χ4v) is 5.32. The van der Waals surface area contributed by atoms with E-state index < -0.39 is 17.1 Å². The standard InChI is InChI=1S/C27H21BrCl2N2O6S/c1-36-22-13-16(12-17(28)25(22)38-15-24(33)31-20-8-4-2-6-18(20)29)14-23-26(34)32(27(35)39-23)10-11-37-21-9-5-3-7-19(21)30/h2-9,12-14H,10-11,15H2,1H3,(H,31,33)/b23-14-. The second-order valence-corrected chi connectivity index (χ2v) is 10.6. The topological polar surface area (TPSA) is 94.2 Å². The minimum absolute atomic E-state index is 0.0727. The number of amides is 3. The summed E-state index contributed by atoms with van der Waals surface area (Å²) in [7, 11) is 1.45. The van der Waals surface area contributed by atoms with Gasteiger partial charge in [0.15, 0.2) is 18.1 Å². The number of anilines is 1. The highest BCUT2D eigenvalue weighted by atomic mass is 79.9. The molecule has 1 aliphatic rings. The van der Waals surface area contributed by atoms with Crippen molar-refractivity contribution in [1.29, 1.82) is 0 Å². The number of thioether (sulfide) groups is 1. The van der Waals surface area contributed by atoms with Crippen molar-refractivity contribution in [1.82, 2.24) is 4.90 Å². The Kier molecular flexibility index (Phi) is 9.79. The van der Waals surface area contributed by atoms with Gasteiger partial charge in [-0.3, -0.25) is 19.3 Å². The van der Waals surface area contributed by atoms with Gasteiger partial charge in [0.2, 0.25) is 0 Å². The minimum Gasteiger partial charge on any atom is -0.493 e. The molecule has 1 aliphatic heterocycles. The van der Waals surface area contributed by atoms with Gasteiger partial charge in [0.25, 0.3) is 17.1 Å². The van der Waals surface area contributed by atoms with Crippen LogP contribution in [0.1, 0.15) is 5.56 Å². The molecular weight excluding hydrogens is 631 g/mol. The van der Waals surface area contributed by atoms with E-state index in [-0.39, 0.29) is 24.7 Å². The maximum Gasteiger partial charge on any atom is 0.293 e. The second-order valence-electron chi connectivity index (χ2n) is 7.96. The normalized spacial score (nSPS) is 14.1. The maximum absolute atomic E-state index is 12.9. The summed E-state index contributed by atoms with van der Waals surface area (Å²) in [5, 5.41) is 3.14. The van der Waals surface area contributed by atoms with Crippen LogP contribution in [0.5, 0.6) is 17.2 Å². The van der Waals surface area contributed by atoms with Crippen molar-refractivity contribution in [2.75, 3.05) is 32.2 Å². The van der Waals surface area contributed by atoms with Crippen LogP contribution in [-0.4, -0.2) is 48.8 Å². The van der Waals surface area contributed by atoms with Crippen LogP contribution in [0.15, 0.2) is 70.0 Å². The van der Waals surface area contributed by atoms with Crippen LogP contribution < -0.4 is 19.5 Å². The van der Waals surface area contributed by atoms with Crippen LogP contribution in [0.2, 0.25) is 10.0 Å². The van der Waals surface area contributed by atoms with Crippen LogP contribution in [0.25, 0.3) is 6.08 Å². The van der Waals surface area contributed by atoms with E-state index >= 15 is 0 Å². The number of ether oxygens (including phenoxy) is 3. The fourth-order valence-electron chi connectivity index (χ4n) is 3.50. The van der Waals surface area contributed by atoms with Crippen LogP contribution in [0.4, 0.5) is 10.5 Å². The zero-order chi connectivity index (χ0) is 27.9. The lowest BCUT2D eigenvalue weighted by atomic mass is 10.2. The molecule has 12 heteroatoms. The van der Waals surface area contributed by atoms with Crippen molar-refractivity contribution in [3.63, 3.8) is 0 Å². The lowest BCUT2D eigenvalue weighted by Crippen LogP contribution is -2.32. The Labute approximate surface area is 247 Å². The van der Waals surface area contributed by atoms with Crippen LogP contribution in [0, 0.1) is 0 Å². The third kappa shape index (κ3) is 7.27. The number of methoxy groups -OCH3 is 1. The Bertz CT molecular complexity index is 1450. The van der Waals surface area contributed by atoms with E-state index in [1.807, 2.05) is 0 Å². The van der Waals surface area contributed by atoms with Crippen molar-refractivity contribution >= 4 is 79.7 Å². The molecule has 0 saturated carbocycles. The molecule has 3 amide bonds. The van der Waals surface area contributed by atoms with Gasteiger partial charge >= 0.3 is 0 Å². The molecule has 0 radical (unpaired) electrons. The highest BCUT2D eigenvalue weighted by molar-refractivity contribution is 9.10. The summed E-state index contributed by atoms with van der Waals surface area (Å²) in [6.45, 7) is -0.123. The number of para-hydroxylation sites is 2. The Morgan fingerprint density at radius 1 is 1.03 bits per heavy atom. The molecule has 39 heavy (non-hydrogen) atoms. The third-order valence-electron chi connectivity index (χ3n) is 5.33. The van der Waals surface area contributed by atoms with E-state index in [1.54, 1.807) is 66.7 Å². The van der Waals surface area contributed by atoms with Gasteiger partial charge in [-0.25, -0.2) is 0 Å². The number of halogens is 3. The van der Waals surface area contributed by atoms with Gasteiger partial charge in [0, 0.05) is 0 Å². The number of hydrogen-bond donors (Lipinski definition) is 1. The molecule has 4 rings (SSSR count). The molecule has 202 valence electrons. The monoisotopic (exact) mass is 650 g/mol. The number of carbonyl (C=O) groups is 3. The summed E-state index contributed by atoms with van der Waals surface area (Å²) in [5.41, 5.74) is 1.06. The molecule has 0 aliphatic carbocycles. The first-order valence-corrected chi connectivity index (χ1v) is 13.8. The highest BCUT2D eigenvalue weighted by Crippen LogP contribution is 2.39. The van der Waals surface area contributed by atoms with Crippen molar-refractivity contribution < 1.29 is 28.6 Å². The van der Waals surface area contributed by atoms with Gasteiger partial charge in [0.05, 0.1) is 38.8 Å². The smallest absolute Gasteiger partial charge is 0.293 e. The molecular formula is C27H21BrCl2N2O6S. The summed E-state index contributed by atoms with van der Waals surface area (Å²) < 4.78 is 17.2. The summed E-state index contributed by atoms with van der Waals surface area (Å²) in [4.78, 5) is 39.1. The number of nitrogens with one attached hydrogen (secondary N) is 1. The van der Waals surface area contributed by atoms with Crippen LogP contribution in [0.3, 0.4) is 0 Å². The summed E-state index contributed by atoms with van der Waals surface area (Å²) in [6, 6.07) is 17.2. The van der Waals surface area contributed by atoms with Gasteiger partial charge < -0.3 is 19.5 Å². The third-order valence-corrected chi connectivity index (χ3v) is 7.47. The fraction of sp³-hybridized carbons (Fsp3) is 0.148. The summed E-state index contributed by atoms with van der Waals surface area (Å²) in [5.74, 6) is 0.261. The number of imide groups is 1. The number of carbonyl (C=O) groups excluding carboxylic acids is 3. The van der Waals surface area contributed by atoms with E-state index in [0.29, 0.717) is 43.0 Å². The molecule has 0 unspecified atom stereocenters. The van der Waals surface area contributed by atoms with E-state index in [4.69, 9.17) is 37.4 Å². The Morgan fingerprint density at radius 3 is 2.46 bits per heavy atom. The van der Waals surface area contributed by atoms with E-state index in [0.717, 1.165) is 16.7 Å². The van der Waals surface area contributed by atoms with Crippen molar-refractivity contribution in [2.24, 2.45) is 0 Å². The molecule has 0 spiro atoms. The second kappa shape index (κ2) is 13.3. The molecule has 1 N–H and O–H groups in total. The number of nitrogens with zero attached hydrogens (tertiary/aromatic N) is 1. The average molecular weight is 652 g/mol. The maximum atomic E-state index is 12.9. The largest absolute Gasteiger partial charge is 0.493 e. The number of hydrogen-bond acceptors (Lipinski definition) is 7. The van der Waals surface area contributed by atoms with Gasteiger partial charge in [0.1, 0.15) is 12.4 Å². The Morgan fingerprint density at radius 2 is 1.74 bits per heavy atom. The molecule has 0 aromatic heterocycles. The Balaban J connectivity index is 1.40. The molecule has 0 bridgehead atoms. The van der Waals surface area contributed by atoms with Crippen molar-refractivity contribution in [3.8, 4) is 17.2 Å². The van der Waals surface area contributed by atoms with Gasteiger partial charge in [-0.1, -0.05) is 47.5 Å². The van der Waals surface area contributed by atoms with E-state index in [1.165, 1.54) is 7.11 Å². The first-order chi connectivity index (χ1) is 18.8. The molecule has 1 fully saturated rings. The minimum atomic E-state index is -0.431. The predicted octanol–water partition coefficient (Wildman–Crippen LogP) is 6.90. The highest BCUT2D eigenvalue weighted by Gasteiger charge is 2.35. The van der Waals surface area contributed by atoms with Gasteiger partial charge in [-0.05, 0) is 75.7 Å². The van der Waals surface area contributed by atoms with E-state index in [2.05, 4.69) is 21.2 Å². The van der Waals surface area contributed by atoms with Gasteiger partial charge in [-0.15, -0.1) is 0 Å². The number of benzene rings is 3. The SMILES string of the molecule is COc1cc(/C=C2\SC(=O)N(CCOc3ccccc3Cl)C2=O)cc(Br)c1OCC(=O)Nc1ccccc1Cl. The molecule has 8 nitrogen and oxygen atoms in total. The van der Waals surface area contributed by atoms with Crippen molar-refractivity contribution in [2.45, 2.75) is 0 Å². The Hall–Kier alpha value is -3.18. The molecule has 1 heterocycles. The van der Waals surface area contributed by atoms with Crippen molar-refractivity contribution in [3.05, 3.63) is 85.7 Å². The molecule has 0 atom stereocenters. The van der Waals surface area contributed by atoms with Crippen LogP contribution in [-0.2, 0) is 9.59 Å². The molecule has 3 aromatic carbocycles. The zero-order valence-electron chi connectivity index (χ0n) is 20.4. The lowest BCUT2D eigenvalue weighted by Gasteiger charge is -2.14. The van der Waals surface area contributed by atoms with E-state index in [9.17, 15) is 14.4 Å². The van der Waals surface area contributed by atoms with Gasteiger partial charge in [-0.2, -0.15) is 0 Å². The predicted molar refractivity (Wildman–Crippen MR) is 156 cm³/mol. The summed E-state index contributed by atoms with van der Waals surface area (Å²) >= 11 is 16.4. The molecule has 1 saturated heterocycles. The first kappa shape index (κ1) is 28.8. The lowest BCUT2D eigenvalue weighted by molar-refractivity contribution is -0.123.